The number of fused-ring (bicyclic) bond motifs is 1. The highest BCUT2D eigenvalue weighted by Crippen LogP contribution is 2.19. The van der Waals surface area contributed by atoms with Gasteiger partial charge in [-0.25, -0.2) is 4.68 Å². The standard InChI is InChI=1S/C29H27N7O2S/c30-23-7-1-2-8-24(23)33-27(37)16-13-20-11-14-21(15-12-20)28(31-18-22-6-5-17-39-22)29(38)32-19-36-26-10-4-3-9-25(26)34-35-36/h1-17,28,31H,18-19,30H2,(H,32,38)(H,33,37)/b16-13+. The molecule has 0 saturated heterocycles. The summed E-state index contributed by atoms with van der Waals surface area (Å²) >= 11 is 1.63. The van der Waals surface area contributed by atoms with Crippen LogP contribution in [0.3, 0.4) is 0 Å². The fraction of sp³-hybridized carbons (Fsp3) is 0.103. The number of hydrogen-bond acceptors (Lipinski definition) is 7. The van der Waals surface area contributed by atoms with Gasteiger partial charge in [0.05, 0.1) is 16.9 Å². The Bertz CT molecular complexity index is 1590. The van der Waals surface area contributed by atoms with Crippen LogP contribution in [-0.4, -0.2) is 26.8 Å². The average molecular weight is 538 g/mol. The highest BCUT2D eigenvalue weighted by atomic mass is 32.1. The zero-order valence-electron chi connectivity index (χ0n) is 21.0. The van der Waals surface area contributed by atoms with E-state index in [0.29, 0.717) is 17.9 Å². The molecule has 0 radical (unpaired) electrons. The van der Waals surface area contributed by atoms with E-state index in [4.69, 9.17) is 5.73 Å². The van der Waals surface area contributed by atoms with Crippen molar-refractivity contribution in [1.29, 1.82) is 0 Å². The average Bonchev–Trinajstić information content (AvgIpc) is 3.63. The molecule has 39 heavy (non-hydrogen) atoms. The highest BCUT2D eigenvalue weighted by Gasteiger charge is 2.20. The monoisotopic (exact) mass is 537 g/mol. The first-order chi connectivity index (χ1) is 19.1. The van der Waals surface area contributed by atoms with Crippen molar-refractivity contribution in [3.05, 3.63) is 112 Å². The second kappa shape index (κ2) is 12.2. The van der Waals surface area contributed by atoms with Crippen molar-refractivity contribution in [1.82, 2.24) is 25.6 Å². The van der Waals surface area contributed by atoms with Crippen LogP contribution in [0.15, 0.2) is 96.4 Å². The summed E-state index contributed by atoms with van der Waals surface area (Å²) in [5.74, 6) is -0.471. The van der Waals surface area contributed by atoms with Crippen LogP contribution in [0.4, 0.5) is 11.4 Å². The van der Waals surface area contributed by atoms with Crippen molar-refractivity contribution < 1.29 is 9.59 Å². The number of aromatic nitrogens is 3. The third-order valence-electron chi connectivity index (χ3n) is 6.06. The Morgan fingerprint density at radius 2 is 1.77 bits per heavy atom. The summed E-state index contributed by atoms with van der Waals surface area (Å²) in [6.45, 7) is 0.741. The number of nitrogens with zero attached hydrogens (tertiary/aromatic N) is 3. The summed E-state index contributed by atoms with van der Waals surface area (Å²) in [7, 11) is 0. The first kappa shape index (κ1) is 25.8. The van der Waals surface area contributed by atoms with Crippen LogP contribution in [0.2, 0.25) is 0 Å². The van der Waals surface area contributed by atoms with Gasteiger partial charge in [-0.3, -0.25) is 14.9 Å². The number of carbonyl (C=O) groups excluding carboxylic acids is 2. The summed E-state index contributed by atoms with van der Waals surface area (Å²) in [6.07, 6.45) is 3.16. The minimum Gasteiger partial charge on any atom is -0.397 e. The molecule has 10 heteroatoms. The van der Waals surface area contributed by atoms with Gasteiger partial charge >= 0.3 is 0 Å². The van der Waals surface area contributed by atoms with E-state index in [2.05, 4.69) is 26.3 Å². The Hall–Kier alpha value is -4.80. The minimum atomic E-state index is -0.593. The number of hydrogen-bond donors (Lipinski definition) is 4. The molecule has 196 valence electrons. The molecule has 0 fully saturated rings. The van der Waals surface area contributed by atoms with Gasteiger partial charge in [0.2, 0.25) is 11.8 Å². The maximum atomic E-state index is 13.3. The third kappa shape index (κ3) is 6.56. The maximum absolute atomic E-state index is 13.3. The summed E-state index contributed by atoms with van der Waals surface area (Å²) in [4.78, 5) is 26.8. The smallest absolute Gasteiger partial charge is 0.248 e. The molecule has 0 spiro atoms. The molecule has 0 saturated carbocycles. The van der Waals surface area contributed by atoms with Gasteiger partial charge in [0, 0.05) is 17.5 Å². The maximum Gasteiger partial charge on any atom is 0.248 e. The van der Waals surface area contributed by atoms with Gasteiger partial charge in [0.25, 0.3) is 0 Å². The lowest BCUT2D eigenvalue weighted by Crippen LogP contribution is -2.38. The largest absolute Gasteiger partial charge is 0.397 e. The highest BCUT2D eigenvalue weighted by molar-refractivity contribution is 7.09. The number of para-hydroxylation sites is 3. The third-order valence-corrected chi connectivity index (χ3v) is 6.94. The van der Waals surface area contributed by atoms with Gasteiger partial charge in [0.15, 0.2) is 0 Å². The van der Waals surface area contributed by atoms with Crippen molar-refractivity contribution in [2.75, 3.05) is 11.1 Å². The fourth-order valence-corrected chi connectivity index (χ4v) is 4.68. The van der Waals surface area contributed by atoms with Crippen molar-refractivity contribution in [3.63, 3.8) is 0 Å². The molecule has 1 unspecified atom stereocenters. The zero-order chi connectivity index (χ0) is 27.0. The van der Waals surface area contributed by atoms with Crippen LogP contribution < -0.4 is 21.7 Å². The van der Waals surface area contributed by atoms with Gasteiger partial charge in [-0.05, 0) is 52.9 Å². The molecule has 2 amide bonds. The first-order valence-electron chi connectivity index (χ1n) is 12.3. The summed E-state index contributed by atoms with van der Waals surface area (Å²) in [6, 6.07) is 25.6. The molecule has 9 nitrogen and oxygen atoms in total. The Kier molecular flexibility index (Phi) is 8.06. The summed E-state index contributed by atoms with van der Waals surface area (Å²) < 4.78 is 1.66. The molecule has 5 N–H and O–H groups in total. The molecule has 5 rings (SSSR count). The Morgan fingerprint density at radius 3 is 2.56 bits per heavy atom. The lowest BCUT2D eigenvalue weighted by molar-refractivity contribution is -0.124. The fourth-order valence-electron chi connectivity index (χ4n) is 4.02. The predicted molar refractivity (Wildman–Crippen MR) is 155 cm³/mol. The number of thiophene rings is 1. The van der Waals surface area contributed by atoms with Crippen LogP contribution >= 0.6 is 11.3 Å². The SMILES string of the molecule is Nc1ccccc1NC(=O)/C=C/c1ccc(C(NCc2cccs2)C(=O)NCn2nnc3ccccc32)cc1. The van der Waals surface area contributed by atoms with Crippen LogP contribution in [0.5, 0.6) is 0 Å². The van der Waals surface area contributed by atoms with Gasteiger partial charge in [-0.15, -0.1) is 16.4 Å². The number of nitrogens with one attached hydrogen (secondary N) is 3. The lowest BCUT2D eigenvalue weighted by atomic mass is 10.0. The predicted octanol–water partition coefficient (Wildman–Crippen LogP) is 4.33. The number of anilines is 2. The van der Waals surface area contributed by atoms with Crippen molar-refractivity contribution >= 4 is 51.6 Å². The van der Waals surface area contributed by atoms with Gasteiger partial charge < -0.3 is 16.4 Å². The van der Waals surface area contributed by atoms with E-state index in [1.165, 1.54) is 6.08 Å². The second-order valence-electron chi connectivity index (χ2n) is 8.75. The van der Waals surface area contributed by atoms with E-state index in [1.807, 2.05) is 78.2 Å². The van der Waals surface area contributed by atoms with E-state index < -0.39 is 6.04 Å². The molecule has 3 aromatic carbocycles. The summed E-state index contributed by atoms with van der Waals surface area (Å²) in [5, 5.41) is 19.4. The topological polar surface area (TPSA) is 127 Å². The van der Waals surface area contributed by atoms with Crippen LogP contribution in [0.1, 0.15) is 22.0 Å². The van der Waals surface area contributed by atoms with Crippen LogP contribution in [-0.2, 0) is 22.8 Å². The van der Waals surface area contributed by atoms with Crippen molar-refractivity contribution in [2.24, 2.45) is 0 Å². The van der Waals surface area contributed by atoms with E-state index in [0.717, 1.165) is 27.0 Å². The van der Waals surface area contributed by atoms with Gasteiger partial charge in [0.1, 0.15) is 18.2 Å². The number of amides is 2. The van der Waals surface area contributed by atoms with Crippen LogP contribution in [0, 0.1) is 0 Å². The Morgan fingerprint density at radius 1 is 0.974 bits per heavy atom. The van der Waals surface area contributed by atoms with Crippen LogP contribution in [0.25, 0.3) is 17.1 Å². The minimum absolute atomic E-state index is 0.186. The molecule has 5 aromatic rings. The number of carbonyl (C=O) groups is 2. The molecule has 0 aliphatic rings. The normalized spacial score (nSPS) is 12.0. The molecular formula is C29H27N7O2S. The van der Waals surface area contributed by atoms with Gasteiger partial charge in [-0.1, -0.05) is 59.8 Å². The molecule has 0 aliphatic heterocycles. The number of nitrogens with two attached hydrogens (primary N) is 1. The molecule has 2 heterocycles. The number of benzene rings is 3. The van der Waals surface area contributed by atoms with E-state index >= 15 is 0 Å². The van der Waals surface area contributed by atoms with E-state index in [9.17, 15) is 9.59 Å². The number of rotatable bonds is 10. The molecular weight excluding hydrogens is 510 g/mol. The zero-order valence-corrected chi connectivity index (χ0v) is 21.8. The Balaban J connectivity index is 1.26. The summed E-state index contributed by atoms with van der Waals surface area (Å²) in [5.41, 5.74) is 10.2. The second-order valence-corrected chi connectivity index (χ2v) is 9.78. The molecule has 0 aliphatic carbocycles. The van der Waals surface area contributed by atoms with E-state index in [1.54, 1.807) is 34.2 Å². The number of nitrogen functional groups attached to an aromatic ring is 1. The van der Waals surface area contributed by atoms with Gasteiger partial charge in [-0.2, -0.15) is 0 Å². The molecule has 1 atom stereocenters. The lowest BCUT2D eigenvalue weighted by Gasteiger charge is -2.19. The molecule has 0 bridgehead atoms. The van der Waals surface area contributed by atoms with E-state index in [-0.39, 0.29) is 18.5 Å². The van der Waals surface area contributed by atoms with Crippen molar-refractivity contribution in [3.8, 4) is 0 Å². The first-order valence-corrected chi connectivity index (χ1v) is 13.2. The molecule has 2 aromatic heterocycles. The Labute approximate surface area is 229 Å². The quantitative estimate of drug-likeness (QED) is 0.155. The van der Waals surface area contributed by atoms with Crippen molar-refractivity contribution in [2.45, 2.75) is 19.3 Å².